The van der Waals surface area contributed by atoms with Crippen LogP contribution in [-0.4, -0.2) is 9.55 Å². The average Bonchev–Trinajstić information content (AvgIpc) is 2.67. The van der Waals surface area contributed by atoms with Gasteiger partial charge in [-0.05, 0) is 19.4 Å². The van der Waals surface area contributed by atoms with E-state index < -0.39 is 0 Å². The smallest absolute Gasteiger partial charge is 0.131 e. The van der Waals surface area contributed by atoms with Gasteiger partial charge in [0, 0.05) is 17.5 Å². The minimum atomic E-state index is -0.00886. The van der Waals surface area contributed by atoms with E-state index >= 15 is 0 Å². The second-order valence-corrected chi connectivity index (χ2v) is 5.98. The molecule has 0 aliphatic rings. The number of benzene rings is 1. The molecule has 0 saturated carbocycles. The van der Waals surface area contributed by atoms with Gasteiger partial charge in [-0.25, -0.2) is 4.98 Å². The Kier molecular flexibility index (Phi) is 3.40. The van der Waals surface area contributed by atoms with Crippen LogP contribution in [0.2, 0.25) is 0 Å². The summed E-state index contributed by atoms with van der Waals surface area (Å²) in [7, 11) is 0. The molecule has 1 aromatic heterocycles. The van der Waals surface area contributed by atoms with E-state index in [2.05, 4.69) is 51.3 Å². The number of aromatic nitrogens is 2. The lowest BCUT2D eigenvalue weighted by Crippen LogP contribution is -2.19. The molecule has 0 saturated heterocycles. The van der Waals surface area contributed by atoms with Gasteiger partial charge in [0.2, 0.25) is 0 Å². The molecular formula is C16H23N3. The number of nitrogen functional groups attached to an aromatic ring is 1. The monoisotopic (exact) mass is 257 g/mol. The highest BCUT2D eigenvalue weighted by molar-refractivity contribution is 5.73. The van der Waals surface area contributed by atoms with Crippen LogP contribution in [0.5, 0.6) is 0 Å². The highest BCUT2D eigenvalue weighted by Crippen LogP contribution is 2.33. The van der Waals surface area contributed by atoms with Gasteiger partial charge in [0.25, 0.3) is 0 Å². The maximum atomic E-state index is 6.31. The molecule has 2 N–H and O–H groups in total. The van der Waals surface area contributed by atoms with E-state index in [0.29, 0.717) is 0 Å². The molecule has 0 unspecified atom stereocenters. The lowest BCUT2D eigenvalue weighted by Gasteiger charge is -2.19. The topological polar surface area (TPSA) is 43.8 Å². The van der Waals surface area contributed by atoms with Crippen LogP contribution in [0.3, 0.4) is 0 Å². The van der Waals surface area contributed by atoms with Crippen molar-refractivity contribution in [1.29, 1.82) is 0 Å². The second-order valence-electron chi connectivity index (χ2n) is 5.98. The summed E-state index contributed by atoms with van der Waals surface area (Å²) in [5, 5.41) is 0. The fraction of sp³-hybridized carbons (Fsp3) is 0.438. The lowest BCUT2D eigenvalue weighted by molar-refractivity contribution is 0.508. The summed E-state index contributed by atoms with van der Waals surface area (Å²) in [6, 6.07) is 8.25. The van der Waals surface area contributed by atoms with Crippen LogP contribution in [0.1, 0.15) is 39.1 Å². The number of nitrogens with two attached hydrogens (primary N) is 1. The van der Waals surface area contributed by atoms with E-state index in [1.807, 2.05) is 12.1 Å². The van der Waals surface area contributed by atoms with Gasteiger partial charge in [-0.3, -0.25) is 0 Å². The Morgan fingerprint density at radius 1 is 1.21 bits per heavy atom. The Labute approximate surface area is 115 Å². The molecule has 0 radical (unpaired) electrons. The SMILES string of the molecule is CCn1c(C(C)(C)C)nc(-c2ccccc2C)c1N. The van der Waals surface area contributed by atoms with Crippen LogP contribution < -0.4 is 5.73 Å². The van der Waals surface area contributed by atoms with Crippen LogP contribution in [0.4, 0.5) is 5.82 Å². The van der Waals surface area contributed by atoms with Crippen molar-refractivity contribution in [3.8, 4) is 11.3 Å². The third-order valence-electron chi connectivity index (χ3n) is 3.39. The third-order valence-corrected chi connectivity index (χ3v) is 3.39. The first-order chi connectivity index (χ1) is 8.86. The molecule has 0 aliphatic carbocycles. The van der Waals surface area contributed by atoms with Crippen molar-refractivity contribution in [2.24, 2.45) is 0 Å². The Bertz CT molecular complexity index is 589. The molecule has 2 aromatic rings. The minimum absolute atomic E-state index is 0.00886. The van der Waals surface area contributed by atoms with Gasteiger partial charge >= 0.3 is 0 Å². The highest BCUT2D eigenvalue weighted by atomic mass is 15.1. The third kappa shape index (κ3) is 2.37. The number of rotatable bonds is 2. The number of hydrogen-bond donors (Lipinski definition) is 1. The van der Waals surface area contributed by atoms with E-state index in [-0.39, 0.29) is 5.41 Å². The Morgan fingerprint density at radius 3 is 2.32 bits per heavy atom. The van der Waals surface area contributed by atoms with Crippen molar-refractivity contribution in [2.45, 2.75) is 46.6 Å². The predicted molar refractivity (Wildman–Crippen MR) is 81.2 cm³/mol. The zero-order valence-corrected chi connectivity index (χ0v) is 12.5. The Hall–Kier alpha value is -1.77. The van der Waals surface area contributed by atoms with Gasteiger partial charge in [0.1, 0.15) is 17.3 Å². The standard InChI is InChI=1S/C16H23N3/c1-6-19-14(17)13(18-15(19)16(3,4)5)12-10-8-7-9-11(12)2/h7-10H,6,17H2,1-5H3. The normalized spacial score (nSPS) is 11.8. The largest absolute Gasteiger partial charge is 0.383 e. The number of imidazole rings is 1. The molecule has 3 nitrogen and oxygen atoms in total. The van der Waals surface area contributed by atoms with Crippen molar-refractivity contribution in [2.75, 3.05) is 5.73 Å². The van der Waals surface area contributed by atoms with Crippen LogP contribution >= 0.6 is 0 Å². The van der Waals surface area contributed by atoms with Crippen molar-refractivity contribution < 1.29 is 0 Å². The van der Waals surface area contributed by atoms with E-state index in [4.69, 9.17) is 10.7 Å². The summed E-state index contributed by atoms with van der Waals surface area (Å²) in [6.07, 6.45) is 0. The van der Waals surface area contributed by atoms with E-state index in [1.165, 1.54) is 5.56 Å². The first-order valence-electron chi connectivity index (χ1n) is 6.78. The molecule has 0 amide bonds. The van der Waals surface area contributed by atoms with Crippen molar-refractivity contribution in [1.82, 2.24) is 9.55 Å². The molecular weight excluding hydrogens is 234 g/mol. The Balaban J connectivity index is 2.67. The van der Waals surface area contributed by atoms with Gasteiger partial charge in [0.05, 0.1) is 0 Å². The van der Waals surface area contributed by atoms with E-state index in [1.54, 1.807) is 0 Å². The molecule has 1 aromatic carbocycles. The summed E-state index contributed by atoms with van der Waals surface area (Å²) in [5.74, 6) is 1.81. The fourth-order valence-electron chi connectivity index (χ4n) is 2.39. The highest BCUT2D eigenvalue weighted by Gasteiger charge is 2.25. The molecule has 0 atom stereocenters. The average molecular weight is 257 g/mol. The van der Waals surface area contributed by atoms with Gasteiger partial charge < -0.3 is 10.3 Å². The van der Waals surface area contributed by atoms with Crippen LogP contribution in [-0.2, 0) is 12.0 Å². The molecule has 0 aliphatic heterocycles. The molecule has 3 heteroatoms. The number of nitrogens with zero attached hydrogens (tertiary/aromatic N) is 2. The molecule has 102 valence electrons. The van der Waals surface area contributed by atoms with Crippen molar-refractivity contribution in [3.63, 3.8) is 0 Å². The summed E-state index contributed by atoms with van der Waals surface area (Å²) in [5.41, 5.74) is 9.54. The van der Waals surface area contributed by atoms with Crippen molar-refractivity contribution in [3.05, 3.63) is 35.7 Å². The molecule has 0 bridgehead atoms. The van der Waals surface area contributed by atoms with Crippen LogP contribution in [0, 0.1) is 6.92 Å². The quantitative estimate of drug-likeness (QED) is 0.890. The lowest BCUT2D eigenvalue weighted by atomic mass is 9.95. The van der Waals surface area contributed by atoms with Crippen LogP contribution in [0.15, 0.2) is 24.3 Å². The molecule has 0 fully saturated rings. The molecule has 19 heavy (non-hydrogen) atoms. The number of anilines is 1. The molecule has 0 spiro atoms. The van der Waals surface area contributed by atoms with E-state index in [0.717, 1.165) is 29.4 Å². The Morgan fingerprint density at radius 2 is 1.84 bits per heavy atom. The summed E-state index contributed by atoms with van der Waals surface area (Å²) < 4.78 is 2.11. The molecule has 2 rings (SSSR count). The van der Waals surface area contributed by atoms with Gasteiger partial charge in [-0.15, -0.1) is 0 Å². The predicted octanol–water partition coefficient (Wildman–Crippen LogP) is 3.76. The first kappa shape index (κ1) is 13.7. The first-order valence-corrected chi connectivity index (χ1v) is 6.78. The molecule has 1 heterocycles. The second kappa shape index (κ2) is 4.72. The van der Waals surface area contributed by atoms with E-state index in [9.17, 15) is 0 Å². The minimum Gasteiger partial charge on any atom is -0.383 e. The summed E-state index contributed by atoms with van der Waals surface area (Å²) >= 11 is 0. The van der Waals surface area contributed by atoms with Crippen molar-refractivity contribution >= 4 is 5.82 Å². The zero-order chi connectivity index (χ0) is 14.2. The van der Waals surface area contributed by atoms with Gasteiger partial charge in [-0.1, -0.05) is 45.0 Å². The van der Waals surface area contributed by atoms with Gasteiger partial charge in [-0.2, -0.15) is 0 Å². The summed E-state index contributed by atoms with van der Waals surface area (Å²) in [4.78, 5) is 4.82. The van der Waals surface area contributed by atoms with Crippen LogP contribution in [0.25, 0.3) is 11.3 Å². The number of hydrogen-bond acceptors (Lipinski definition) is 2. The maximum absolute atomic E-state index is 6.31. The fourth-order valence-corrected chi connectivity index (χ4v) is 2.39. The summed E-state index contributed by atoms with van der Waals surface area (Å²) in [6.45, 7) is 11.6. The zero-order valence-electron chi connectivity index (χ0n) is 12.5. The van der Waals surface area contributed by atoms with Gasteiger partial charge in [0.15, 0.2) is 0 Å². The number of aryl methyl sites for hydroxylation is 1. The maximum Gasteiger partial charge on any atom is 0.131 e.